The van der Waals surface area contributed by atoms with E-state index >= 15 is 0 Å². The van der Waals surface area contributed by atoms with Crippen molar-refractivity contribution in [1.29, 1.82) is 0 Å². The molecule has 0 saturated heterocycles. The highest BCUT2D eigenvalue weighted by Crippen LogP contribution is 2.05. The highest BCUT2D eigenvalue weighted by Gasteiger charge is 2.03. The van der Waals surface area contributed by atoms with Gasteiger partial charge in [-0.05, 0) is 19.2 Å². The molecule has 6 heteroatoms. The van der Waals surface area contributed by atoms with Crippen molar-refractivity contribution in [1.82, 2.24) is 15.5 Å². The first kappa shape index (κ1) is 12.3. The van der Waals surface area contributed by atoms with Crippen molar-refractivity contribution in [3.63, 3.8) is 0 Å². The number of nitrogens with one attached hydrogen (secondary N) is 2. The molecule has 0 bridgehead atoms. The Bertz CT molecular complexity index is 242. The number of aromatic nitrogens is 2. The Morgan fingerprint density at radius 2 is 2.20 bits per heavy atom. The van der Waals surface area contributed by atoms with Crippen LogP contribution in [0.5, 0.6) is 0 Å². The summed E-state index contributed by atoms with van der Waals surface area (Å²) >= 11 is 1.78. The minimum atomic E-state index is 0.511. The predicted molar refractivity (Wildman–Crippen MR) is 63.2 cm³/mol. The van der Waals surface area contributed by atoms with E-state index < -0.39 is 0 Å². The third kappa shape index (κ3) is 5.03. The van der Waals surface area contributed by atoms with Crippen molar-refractivity contribution in [3.05, 3.63) is 5.89 Å². The molecular formula is C9H18N4OS. The average molecular weight is 230 g/mol. The standard InChI is InChI=1S/C9H18N4OS/c1-3-4-10-7-8-12-13-9(14-8)11-5-6-15-2/h10H,3-7H2,1-2H3,(H,11,13). The van der Waals surface area contributed by atoms with Gasteiger partial charge in [0, 0.05) is 12.3 Å². The van der Waals surface area contributed by atoms with E-state index in [9.17, 15) is 0 Å². The zero-order valence-electron chi connectivity index (χ0n) is 9.25. The summed E-state index contributed by atoms with van der Waals surface area (Å²) in [6, 6.07) is 0.511. The molecule has 0 spiro atoms. The van der Waals surface area contributed by atoms with Gasteiger partial charge in [-0.1, -0.05) is 12.0 Å². The third-order valence-electron chi connectivity index (χ3n) is 1.75. The van der Waals surface area contributed by atoms with E-state index in [1.807, 2.05) is 0 Å². The van der Waals surface area contributed by atoms with Crippen LogP contribution in [-0.4, -0.2) is 35.3 Å². The summed E-state index contributed by atoms with van der Waals surface area (Å²) in [6.07, 6.45) is 3.17. The molecular weight excluding hydrogens is 212 g/mol. The van der Waals surface area contributed by atoms with Crippen molar-refractivity contribution < 1.29 is 4.42 Å². The lowest BCUT2D eigenvalue weighted by molar-refractivity contribution is 0.477. The molecule has 0 aliphatic heterocycles. The lowest BCUT2D eigenvalue weighted by Gasteiger charge is -1.98. The fraction of sp³-hybridized carbons (Fsp3) is 0.778. The minimum absolute atomic E-state index is 0.511. The van der Waals surface area contributed by atoms with Gasteiger partial charge in [0.2, 0.25) is 5.89 Å². The maximum absolute atomic E-state index is 5.37. The smallest absolute Gasteiger partial charge is 0.315 e. The molecule has 15 heavy (non-hydrogen) atoms. The minimum Gasteiger partial charge on any atom is -0.407 e. The van der Waals surface area contributed by atoms with Gasteiger partial charge in [-0.15, -0.1) is 5.10 Å². The molecule has 2 N–H and O–H groups in total. The highest BCUT2D eigenvalue weighted by molar-refractivity contribution is 7.98. The molecule has 0 amide bonds. The zero-order chi connectivity index (χ0) is 10.9. The monoisotopic (exact) mass is 230 g/mol. The summed E-state index contributed by atoms with van der Waals surface area (Å²) in [5, 5.41) is 14.1. The van der Waals surface area contributed by atoms with E-state index in [-0.39, 0.29) is 0 Å². The Kier molecular flexibility index (Phi) is 6.18. The van der Waals surface area contributed by atoms with Gasteiger partial charge in [0.25, 0.3) is 0 Å². The Morgan fingerprint density at radius 3 is 2.93 bits per heavy atom. The molecule has 0 aromatic carbocycles. The lowest BCUT2D eigenvalue weighted by Crippen LogP contribution is -2.13. The van der Waals surface area contributed by atoms with Crippen LogP contribution >= 0.6 is 11.8 Å². The molecule has 1 rings (SSSR count). The number of hydrogen-bond acceptors (Lipinski definition) is 6. The largest absolute Gasteiger partial charge is 0.407 e. The summed E-state index contributed by atoms with van der Waals surface area (Å²) in [4.78, 5) is 0. The Labute approximate surface area is 94.4 Å². The van der Waals surface area contributed by atoms with Gasteiger partial charge in [0.15, 0.2) is 0 Å². The topological polar surface area (TPSA) is 63.0 Å². The number of hydrogen-bond donors (Lipinski definition) is 2. The SMILES string of the molecule is CCCNCc1nnc(NCCSC)o1. The second-order valence-electron chi connectivity index (χ2n) is 3.10. The van der Waals surface area contributed by atoms with Crippen molar-refractivity contribution in [2.24, 2.45) is 0 Å². The molecule has 0 radical (unpaired) electrons. The Balaban J connectivity index is 2.23. The zero-order valence-corrected chi connectivity index (χ0v) is 10.1. The van der Waals surface area contributed by atoms with Crippen LogP contribution in [-0.2, 0) is 6.54 Å². The molecule has 0 unspecified atom stereocenters. The first-order valence-corrected chi connectivity index (χ1v) is 6.52. The number of thioether (sulfide) groups is 1. The van der Waals surface area contributed by atoms with Gasteiger partial charge < -0.3 is 15.1 Å². The Morgan fingerprint density at radius 1 is 1.33 bits per heavy atom. The van der Waals surface area contributed by atoms with Crippen molar-refractivity contribution in [3.8, 4) is 0 Å². The number of rotatable bonds is 8. The van der Waals surface area contributed by atoms with Gasteiger partial charge in [-0.2, -0.15) is 11.8 Å². The van der Waals surface area contributed by atoms with E-state index in [0.717, 1.165) is 25.3 Å². The summed E-state index contributed by atoms with van der Waals surface area (Å²) < 4.78 is 5.37. The highest BCUT2D eigenvalue weighted by atomic mass is 32.2. The van der Waals surface area contributed by atoms with Crippen LogP contribution < -0.4 is 10.6 Å². The summed E-state index contributed by atoms with van der Waals surface area (Å²) in [6.45, 7) is 4.59. The first-order chi connectivity index (χ1) is 7.36. The fourth-order valence-corrected chi connectivity index (χ4v) is 1.33. The van der Waals surface area contributed by atoms with Gasteiger partial charge in [-0.3, -0.25) is 0 Å². The molecule has 86 valence electrons. The van der Waals surface area contributed by atoms with Crippen molar-refractivity contribution in [2.75, 3.05) is 30.4 Å². The molecule has 0 saturated carbocycles. The van der Waals surface area contributed by atoms with E-state index in [0.29, 0.717) is 18.5 Å². The fourth-order valence-electron chi connectivity index (χ4n) is 1.03. The van der Waals surface area contributed by atoms with E-state index in [2.05, 4.69) is 34.0 Å². The van der Waals surface area contributed by atoms with Crippen LogP contribution in [0, 0.1) is 0 Å². The van der Waals surface area contributed by atoms with Crippen molar-refractivity contribution in [2.45, 2.75) is 19.9 Å². The summed E-state index contributed by atoms with van der Waals surface area (Å²) in [7, 11) is 0. The maximum atomic E-state index is 5.37. The normalized spacial score (nSPS) is 10.5. The van der Waals surface area contributed by atoms with Crippen molar-refractivity contribution >= 4 is 17.8 Å². The van der Waals surface area contributed by atoms with Crippen LogP contribution in [0.1, 0.15) is 19.2 Å². The predicted octanol–water partition coefficient (Wildman–Crippen LogP) is 1.34. The average Bonchev–Trinajstić information content (AvgIpc) is 2.67. The van der Waals surface area contributed by atoms with Gasteiger partial charge in [-0.25, -0.2) is 0 Å². The maximum Gasteiger partial charge on any atom is 0.315 e. The second kappa shape index (κ2) is 7.53. The van der Waals surface area contributed by atoms with Gasteiger partial charge >= 0.3 is 6.01 Å². The molecule has 1 heterocycles. The molecule has 0 atom stereocenters. The molecule has 0 aliphatic carbocycles. The van der Waals surface area contributed by atoms with Crippen LogP contribution in [0.15, 0.2) is 4.42 Å². The quantitative estimate of drug-likeness (QED) is 0.657. The van der Waals surface area contributed by atoms with Crippen LogP contribution in [0.3, 0.4) is 0 Å². The molecule has 5 nitrogen and oxygen atoms in total. The van der Waals surface area contributed by atoms with Crippen LogP contribution in [0.2, 0.25) is 0 Å². The third-order valence-corrected chi connectivity index (χ3v) is 2.36. The number of nitrogens with zero attached hydrogens (tertiary/aromatic N) is 2. The van der Waals surface area contributed by atoms with Gasteiger partial charge in [0.05, 0.1) is 6.54 Å². The summed E-state index contributed by atoms with van der Waals surface area (Å²) in [5.41, 5.74) is 0. The van der Waals surface area contributed by atoms with E-state index in [1.54, 1.807) is 11.8 Å². The molecule has 0 fully saturated rings. The second-order valence-corrected chi connectivity index (χ2v) is 4.08. The molecule has 1 aromatic rings. The molecule has 0 aliphatic rings. The number of anilines is 1. The lowest BCUT2D eigenvalue weighted by atomic mass is 10.5. The van der Waals surface area contributed by atoms with E-state index in [4.69, 9.17) is 4.42 Å². The van der Waals surface area contributed by atoms with Gasteiger partial charge in [0.1, 0.15) is 0 Å². The molecule has 1 aromatic heterocycles. The Hall–Kier alpha value is -0.750. The first-order valence-electron chi connectivity index (χ1n) is 5.12. The summed E-state index contributed by atoms with van der Waals surface area (Å²) in [5.74, 6) is 1.67. The van der Waals surface area contributed by atoms with Crippen LogP contribution in [0.25, 0.3) is 0 Å². The van der Waals surface area contributed by atoms with E-state index in [1.165, 1.54) is 0 Å². The van der Waals surface area contributed by atoms with Crippen LogP contribution in [0.4, 0.5) is 6.01 Å².